The molecule has 1 aliphatic heterocycles. The minimum Gasteiger partial charge on any atom is -0.507 e. The number of ketones is 1. The first-order valence-electron chi connectivity index (χ1n) is 9.67. The van der Waals surface area contributed by atoms with Gasteiger partial charge in [0.1, 0.15) is 29.1 Å². The van der Waals surface area contributed by atoms with Crippen molar-refractivity contribution in [3.8, 4) is 5.75 Å². The molecule has 0 bridgehead atoms. The van der Waals surface area contributed by atoms with Crippen LogP contribution in [-0.4, -0.2) is 28.3 Å². The Morgan fingerprint density at radius 1 is 1.07 bits per heavy atom. The highest BCUT2D eigenvalue weighted by molar-refractivity contribution is 6.46. The van der Waals surface area contributed by atoms with Gasteiger partial charge >= 0.3 is 0 Å². The highest BCUT2D eigenvalue weighted by Gasteiger charge is 2.47. The maximum absolute atomic E-state index is 12.9. The molecule has 154 valence electrons. The smallest absolute Gasteiger partial charge is 0.296 e. The van der Waals surface area contributed by atoms with Gasteiger partial charge < -0.3 is 23.6 Å². The van der Waals surface area contributed by atoms with Crippen LogP contribution < -0.4 is 4.74 Å². The van der Waals surface area contributed by atoms with Crippen molar-refractivity contribution in [1.82, 2.24) is 4.90 Å². The van der Waals surface area contributed by atoms with Crippen LogP contribution in [0.15, 0.2) is 75.5 Å². The average Bonchev–Trinajstić information content (AvgIpc) is 3.51. The predicted octanol–water partition coefficient (Wildman–Crippen LogP) is 4.28. The van der Waals surface area contributed by atoms with Gasteiger partial charge in [0.05, 0.1) is 31.3 Å². The number of amides is 1. The third-order valence-electron chi connectivity index (χ3n) is 4.86. The molecule has 3 heterocycles. The maximum Gasteiger partial charge on any atom is 0.296 e. The van der Waals surface area contributed by atoms with E-state index in [2.05, 4.69) is 0 Å². The number of likely N-dealkylation sites (tertiary alicyclic amines) is 1. The minimum atomic E-state index is -0.860. The molecule has 30 heavy (non-hydrogen) atoms. The molecule has 1 fully saturated rings. The van der Waals surface area contributed by atoms with Crippen LogP contribution in [0.4, 0.5) is 0 Å². The molecule has 0 spiro atoms. The zero-order valence-corrected chi connectivity index (χ0v) is 16.4. The molecule has 1 saturated heterocycles. The summed E-state index contributed by atoms with van der Waals surface area (Å²) >= 11 is 0. The lowest BCUT2D eigenvalue weighted by Gasteiger charge is -2.22. The third kappa shape index (κ3) is 3.61. The summed E-state index contributed by atoms with van der Waals surface area (Å²) in [4.78, 5) is 27.0. The fraction of sp³-hybridized carbons (Fsp3) is 0.217. The van der Waals surface area contributed by atoms with Gasteiger partial charge in [0.2, 0.25) is 0 Å². The van der Waals surface area contributed by atoms with Gasteiger partial charge in [-0.3, -0.25) is 9.59 Å². The van der Waals surface area contributed by atoms with Crippen LogP contribution in [0.2, 0.25) is 0 Å². The molecule has 1 unspecified atom stereocenters. The average molecular weight is 407 g/mol. The molecule has 7 nitrogen and oxygen atoms in total. The van der Waals surface area contributed by atoms with Crippen molar-refractivity contribution in [1.29, 1.82) is 0 Å². The SMILES string of the molecule is CCCOc1ccc(/C(O)=C2/C(=O)C(=O)N(Cc3ccco3)C2c2ccco2)cc1. The predicted molar refractivity (Wildman–Crippen MR) is 107 cm³/mol. The van der Waals surface area contributed by atoms with E-state index in [0.717, 1.165) is 6.42 Å². The number of aliphatic hydroxyl groups excluding tert-OH is 1. The number of carbonyl (C=O) groups is 2. The fourth-order valence-electron chi connectivity index (χ4n) is 3.44. The summed E-state index contributed by atoms with van der Waals surface area (Å²) in [7, 11) is 0. The Hall–Kier alpha value is -3.74. The molecular weight excluding hydrogens is 386 g/mol. The van der Waals surface area contributed by atoms with E-state index in [1.54, 1.807) is 48.5 Å². The Labute approximate surface area is 173 Å². The molecule has 1 amide bonds. The fourth-order valence-corrected chi connectivity index (χ4v) is 3.44. The van der Waals surface area contributed by atoms with Gasteiger partial charge in [0.15, 0.2) is 0 Å². The van der Waals surface area contributed by atoms with Gasteiger partial charge in [-0.2, -0.15) is 0 Å². The van der Waals surface area contributed by atoms with Crippen molar-refractivity contribution in [2.45, 2.75) is 25.9 Å². The van der Waals surface area contributed by atoms with Gasteiger partial charge in [0, 0.05) is 5.56 Å². The van der Waals surface area contributed by atoms with E-state index in [1.165, 1.54) is 17.4 Å². The van der Waals surface area contributed by atoms with Crippen molar-refractivity contribution in [3.05, 3.63) is 83.7 Å². The first-order valence-corrected chi connectivity index (χ1v) is 9.67. The summed E-state index contributed by atoms with van der Waals surface area (Å²) in [5, 5.41) is 11.0. The highest BCUT2D eigenvalue weighted by atomic mass is 16.5. The summed E-state index contributed by atoms with van der Waals surface area (Å²) in [5.41, 5.74) is 0.384. The van der Waals surface area contributed by atoms with Crippen LogP contribution in [0.5, 0.6) is 5.75 Å². The molecular formula is C23H21NO6. The van der Waals surface area contributed by atoms with E-state index in [9.17, 15) is 14.7 Å². The Morgan fingerprint density at radius 2 is 1.80 bits per heavy atom. The standard InChI is InChI=1S/C23H21NO6/c1-2-11-28-16-9-7-15(8-10-16)21(25)19-20(18-6-4-13-30-18)24(23(27)22(19)26)14-17-5-3-12-29-17/h3-10,12-13,20,25H,2,11,14H2,1H3/b21-19-. The molecule has 0 aliphatic carbocycles. The van der Waals surface area contributed by atoms with Gasteiger partial charge in [-0.25, -0.2) is 0 Å². The van der Waals surface area contributed by atoms with E-state index in [4.69, 9.17) is 13.6 Å². The number of rotatable bonds is 7. The van der Waals surface area contributed by atoms with Gasteiger partial charge in [-0.1, -0.05) is 6.92 Å². The minimum absolute atomic E-state index is 0.0243. The molecule has 0 radical (unpaired) electrons. The molecule has 4 rings (SSSR count). The molecule has 7 heteroatoms. The first kappa shape index (κ1) is 19.6. The third-order valence-corrected chi connectivity index (χ3v) is 4.86. The number of Topliss-reactive ketones (excluding diaryl/α,β-unsaturated/α-hetero) is 1. The van der Waals surface area contributed by atoms with E-state index in [0.29, 0.717) is 29.4 Å². The normalized spacial score (nSPS) is 18.2. The second kappa shape index (κ2) is 8.32. The number of benzene rings is 1. The summed E-state index contributed by atoms with van der Waals surface area (Å²) in [6, 6.07) is 12.6. The van der Waals surface area contributed by atoms with Crippen LogP contribution in [0.3, 0.4) is 0 Å². The Kier molecular flexibility index (Phi) is 5.43. The molecule has 1 atom stereocenters. The number of hydrogen-bond donors (Lipinski definition) is 1. The van der Waals surface area contributed by atoms with E-state index in [-0.39, 0.29) is 17.9 Å². The van der Waals surface area contributed by atoms with Gasteiger partial charge in [0.25, 0.3) is 11.7 Å². The topological polar surface area (TPSA) is 93.1 Å². The van der Waals surface area contributed by atoms with Crippen LogP contribution in [0, 0.1) is 0 Å². The van der Waals surface area contributed by atoms with Crippen molar-refractivity contribution in [3.63, 3.8) is 0 Å². The second-order valence-electron chi connectivity index (χ2n) is 6.89. The van der Waals surface area contributed by atoms with E-state index < -0.39 is 17.7 Å². The van der Waals surface area contributed by atoms with Crippen LogP contribution >= 0.6 is 0 Å². The van der Waals surface area contributed by atoms with Gasteiger partial charge in [-0.05, 0) is 55.0 Å². The van der Waals surface area contributed by atoms with Crippen LogP contribution in [-0.2, 0) is 16.1 Å². The molecule has 2 aromatic heterocycles. The van der Waals surface area contributed by atoms with Crippen LogP contribution in [0.25, 0.3) is 5.76 Å². The summed E-state index contributed by atoms with van der Waals surface area (Å²) in [6.45, 7) is 2.67. The van der Waals surface area contributed by atoms with Crippen molar-refractivity contribution < 1.29 is 28.3 Å². The Balaban J connectivity index is 1.74. The summed E-state index contributed by atoms with van der Waals surface area (Å²) in [6.07, 6.45) is 3.84. The molecule has 3 aromatic rings. The molecule has 1 aliphatic rings. The lowest BCUT2D eigenvalue weighted by atomic mass is 9.99. The quantitative estimate of drug-likeness (QED) is 0.357. The molecule has 1 N–H and O–H groups in total. The van der Waals surface area contributed by atoms with Crippen molar-refractivity contribution >= 4 is 17.4 Å². The first-order chi connectivity index (χ1) is 14.6. The summed E-state index contributed by atoms with van der Waals surface area (Å²) < 4.78 is 16.4. The number of aliphatic hydroxyl groups is 1. The van der Waals surface area contributed by atoms with E-state index in [1.807, 2.05) is 6.92 Å². The lowest BCUT2D eigenvalue weighted by Crippen LogP contribution is -2.28. The number of furan rings is 2. The van der Waals surface area contributed by atoms with Crippen molar-refractivity contribution in [2.24, 2.45) is 0 Å². The zero-order valence-electron chi connectivity index (χ0n) is 16.4. The van der Waals surface area contributed by atoms with E-state index >= 15 is 0 Å². The Bertz CT molecular complexity index is 1050. The van der Waals surface area contributed by atoms with Crippen molar-refractivity contribution in [2.75, 3.05) is 6.61 Å². The largest absolute Gasteiger partial charge is 0.507 e. The lowest BCUT2D eigenvalue weighted by molar-refractivity contribution is -0.140. The highest BCUT2D eigenvalue weighted by Crippen LogP contribution is 2.40. The number of nitrogens with zero attached hydrogens (tertiary/aromatic N) is 1. The second-order valence-corrected chi connectivity index (χ2v) is 6.89. The zero-order chi connectivity index (χ0) is 21.1. The summed E-state index contributed by atoms with van der Waals surface area (Å²) in [5.74, 6) is -0.201. The number of ether oxygens (including phenoxy) is 1. The molecule has 1 aromatic carbocycles. The Morgan fingerprint density at radius 3 is 2.43 bits per heavy atom. The molecule has 0 saturated carbocycles. The number of hydrogen-bond acceptors (Lipinski definition) is 6. The van der Waals surface area contributed by atoms with Gasteiger partial charge in [-0.15, -0.1) is 0 Å². The monoisotopic (exact) mass is 407 g/mol. The van der Waals surface area contributed by atoms with Crippen LogP contribution in [0.1, 0.15) is 36.5 Å². The maximum atomic E-state index is 12.9. The number of carbonyl (C=O) groups excluding carboxylic acids is 2.